The van der Waals surface area contributed by atoms with E-state index in [2.05, 4.69) is 228 Å². The molecule has 58 heavy (non-hydrogen) atoms. The van der Waals surface area contributed by atoms with Crippen LogP contribution >= 0.6 is 11.8 Å². The lowest BCUT2D eigenvalue weighted by molar-refractivity contribution is 0.689. The first kappa shape index (κ1) is 33.1. The van der Waals surface area contributed by atoms with E-state index in [0.29, 0.717) is 0 Å². The van der Waals surface area contributed by atoms with Gasteiger partial charge in [-0.2, -0.15) is 0 Å². The van der Waals surface area contributed by atoms with E-state index >= 15 is 0 Å². The minimum Gasteiger partial charge on any atom is -0.309 e. The third kappa shape index (κ3) is 4.74. The molecule has 12 rings (SSSR count). The molecule has 0 fully saturated rings. The first-order chi connectivity index (χ1) is 28.8. The summed E-state index contributed by atoms with van der Waals surface area (Å²) in [6.45, 7) is 0. The summed E-state index contributed by atoms with van der Waals surface area (Å²) in [7, 11) is 0. The molecule has 1 unspecified atom stereocenters. The van der Waals surface area contributed by atoms with Crippen molar-refractivity contribution < 1.29 is 0 Å². The molecule has 0 aliphatic carbocycles. The Kier molecular flexibility index (Phi) is 7.41. The van der Waals surface area contributed by atoms with Gasteiger partial charge in [-0.25, -0.2) is 0 Å². The van der Waals surface area contributed by atoms with E-state index in [1.165, 1.54) is 87.5 Å². The van der Waals surface area contributed by atoms with Gasteiger partial charge in [-0.05, 0) is 93.0 Å². The van der Waals surface area contributed by atoms with Gasteiger partial charge in [0.2, 0.25) is 0 Å². The Hall–Kier alpha value is -7.07. The van der Waals surface area contributed by atoms with Crippen LogP contribution in [-0.2, 0) is 5.41 Å². The molecule has 0 saturated carbocycles. The van der Waals surface area contributed by atoms with Crippen LogP contribution in [0.25, 0.3) is 49.7 Å². The molecule has 3 heterocycles. The standard InChI is InChI=1S/C55H36N2S/c1-3-15-37(16-4-1)38-29-31-39(32-30-38)40-33-35-42(36-34-40)56(41-17-5-2-6-18-41)51-27-14-24-48-54(51)58-52-28-12-9-22-46(52)55(48)45-21-8-11-26-50(45)57-49-25-10-7-19-43(49)44-20-13-23-47(55)53(44)57/h1-36H. The number of para-hydroxylation sites is 4. The summed E-state index contributed by atoms with van der Waals surface area (Å²) < 4.78 is 2.52. The number of anilines is 3. The topological polar surface area (TPSA) is 8.17 Å². The van der Waals surface area contributed by atoms with Gasteiger partial charge in [0.05, 0.1) is 27.8 Å². The average molecular weight is 757 g/mol. The number of benzene rings is 9. The Balaban J connectivity index is 1.08. The van der Waals surface area contributed by atoms with Crippen molar-refractivity contribution in [2.45, 2.75) is 15.2 Å². The number of nitrogens with zero attached hydrogens (tertiary/aromatic N) is 2. The first-order valence-electron chi connectivity index (χ1n) is 19.9. The summed E-state index contributed by atoms with van der Waals surface area (Å²) in [5.74, 6) is 0. The smallest absolute Gasteiger partial charge is 0.0765 e. The van der Waals surface area contributed by atoms with E-state index in [-0.39, 0.29) is 0 Å². The lowest BCUT2D eigenvalue weighted by Crippen LogP contribution is -2.38. The van der Waals surface area contributed by atoms with Gasteiger partial charge in [0.25, 0.3) is 0 Å². The van der Waals surface area contributed by atoms with E-state index in [1.807, 2.05) is 11.8 Å². The maximum absolute atomic E-state index is 2.52. The summed E-state index contributed by atoms with van der Waals surface area (Å²) in [5, 5.41) is 2.57. The molecular weight excluding hydrogens is 721 g/mol. The van der Waals surface area contributed by atoms with Crippen molar-refractivity contribution in [2.75, 3.05) is 4.90 Å². The summed E-state index contributed by atoms with van der Waals surface area (Å²) >= 11 is 1.90. The van der Waals surface area contributed by atoms with E-state index in [9.17, 15) is 0 Å². The van der Waals surface area contributed by atoms with Crippen LogP contribution in [0, 0.1) is 0 Å². The summed E-state index contributed by atoms with van der Waals surface area (Å²) in [6, 6.07) is 80.4. The van der Waals surface area contributed by atoms with E-state index in [1.54, 1.807) is 0 Å². The van der Waals surface area contributed by atoms with E-state index in [4.69, 9.17) is 0 Å². The van der Waals surface area contributed by atoms with Gasteiger partial charge in [-0.3, -0.25) is 0 Å². The van der Waals surface area contributed by atoms with Crippen LogP contribution in [-0.4, -0.2) is 4.57 Å². The molecule has 1 atom stereocenters. The Morgan fingerprint density at radius 1 is 0.379 bits per heavy atom. The predicted molar refractivity (Wildman–Crippen MR) is 242 cm³/mol. The maximum atomic E-state index is 2.52. The molecule has 0 radical (unpaired) electrons. The Morgan fingerprint density at radius 2 is 0.914 bits per heavy atom. The number of hydrogen-bond donors (Lipinski definition) is 0. The molecule has 10 aromatic rings. The molecule has 9 aromatic carbocycles. The van der Waals surface area contributed by atoms with Crippen molar-refractivity contribution in [3.8, 4) is 27.9 Å². The van der Waals surface area contributed by atoms with Crippen LogP contribution < -0.4 is 4.90 Å². The average Bonchev–Trinajstić information content (AvgIpc) is 3.64. The minimum absolute atomic E-state index is 0.550. The van der Waals surface area contributed by atoms with Crippen molar-refractivity contribution >= 4 is 50.6 Å². The van der Waals surface area contributed by atoms with Gasteiger partial charge in [-0.15, -0.1) is 0 Å². The fourth-order valence-electron chi connectivity index (χ4n) is 9.80. The Bertz CT molecular complexity index is 3180. The fourth-order valence-corrected chi connectivity index (χ4v) is 11.1. The first-order valence-corrected chi connectivity index (χ1v) is 20.8. The molecule has 3 heteroatoms. The van der Waals surface area contributed by atoms with E-state index in [0.717, 1.165) is 11.4 Å². The molecule has 1 aromatic heterocycles. The van der Waals surface area contributed by atoms with Gasteiger partial charge in [-0.1, -0.05) is 182 Å². The number of aromatic nitrogens is 1. The highest BCUT2D eigenvalue weighted by atomic mass is 32.2. The van der Waals surface area contributed by atoms with Gasteiger partial charge in [0.15, 0.2) is 0 Å². The molecule has 2 aliphatic heterocycles. The second-order valence-electron chi connectivity index (χ2n) is 15.2. The third-order valence-corrected chi connectivity index (χ3v) is 13.5. The molecule has 0 N–H and O–H groups in total. The predicted octanol–water partition coefficient (Wildman–Crippen LogP) is 14.7. The minimum atomic E-state index is -0.550. The van der Waals surface area contributed by atoms with Crippen molar-refractivity contribution in [2.24, 2.45) is 0 Å². The zero-order valence-corrected chi connectivity index (χ0v) is 32.4. The lowest BCUT2D eigenvalue weighted by Gasteiger charge is -2.46. The van der Waals surface area contributed by atoms with Crippen molar-refractivity contribution in [1.29, 1.82) is 0 Å². The Labute approximate surface area is 342 Å². The highest BCUT2D eigenvalue weighted by Gasteiger charge is 2.50. The molecule has 1 spiro atoms. The SMILES string of the molecule is c1ccc(-c2ccc(-c3ccc(N(c4ccccc4)c4cccc5c4Sc4ccccc4C54c5ccccc5-n5c6ccccc6c6cccc4c65)cc3)cc2)cc1. The molecule has 272 valence electrons. The monoisotopic (exact) mass is 756 g/mol. The highest BCUT2D eigenvalue weighted by molar-refractivity contribution is 7.99. The van der Waals surface area contributed by atoms with Crippen molar-refractivity contribution in [1.82, 2.24) is 4.57 Å². The van der Waals surface area contributed by atoms with Crippen LogP contribution in [0.5, 0.6) is 0 Å². The van der Waals surface area contributed by atoms with Gasteiger partial charge in [0, 0.05) is 31.9 Å². The number of rotatable bonds is 5. The van der Waals surface area contributed by atoms with Gasteiger partial charge in [0.1, 0.15) is 0 Å². The molecule has 0 bridgehead atoms. The second-order valence-corrected chi connectivity index (χ2v) is 16.3. The zero-order valence-electron chi connectivity index (χ0n) is 31.6. The number of hydrogen-bond acceptors (Lipinski definition) is 2. The third-order valence-electron chi connectivity index (χ3n) is 12.3. The van der Waals surface area contributed by atoms with Gasteiger partial charge < -0.3 is 9.47 Å². The summed E-state index contributed by atoms with van der Waals surface area (Å²) in [4.78, 5) is 4.99. The molecular formula is C55H36N2S. The molecule has 2 aliphatic rings. The molecule has 0 amide bonds. The second kappa shape index (κ2) is 13.0. The normalized spacial score (nSPS) is 14.9. The maximum Gasteiger partial charge on any atom is 0.0765 e. The summed E-state index contributed by atoms with van der Waals surface area (Å²) in [6.07, 6.45) is 0. The fraction of sp³-hybridized carbons (Fsp3) is 0.0182. The van der Waals surface area contributed by atoms with Crippen LogP contribution in [0.2, 0.25) is 0 Å². The van der Waals surface area contributed by atoms with Crippen LogP contribution in [0.3, 0.4) is 0 Å². The highest BCUT2D eigenvalue weighted by Crippen LogP contribution is 2.62. The largest absolute Gasteiger partial charge is 0.309 e. The van der Waals surface area contributed by atoms with Crippen LogP contribution in [0.4, 0.5) is 17.1 Å². The number of fused-ring (bicyclic) bond motifs is 11. The Morgan fingerprint density at radius 3 is 1.69 bits per heavy atom. The quantitative estimate of drug-likeness (QED) is 0.173. The van der Waals surface area contributed by atoms with Crippen LogP contribution in [0.15, 0.2) is 228 Å². The lowest BCUT2D eigenvalue weighted by atomic mass is 9.62. The summed E-state index contributed by atoms with van der Waals surface area (Å²) in [5.41, 5.74) is 16.7. The van der Waals surface area contributed by atoms with Gasteiger partial charge >= 0.3 is 0 Å². The molecule has 2 nitrogen and oxygen atoms in total. The zero-order chi connectivity index (χ0) is 38.2. The van der Waals surface area contributed by atoms with Crippen molar-refractivity contribution in [3.05, 3.63) is 241 Å². The molecule has 0 saturated heterocycles. The van der Waals surface area contributed by atoms with Crippen molar-refractivity contribution in [3.63, 3.8) is 0 Å². The van der Waals surface area contributed by atoms with E-state index < -0.39 is 5.41 Å². The van der Waals surface area contributed by atoms with Crippen LogP contribution in [0.1, 0.15) is 22.3 Å².